The number of tetrazole rings is 1. The monoisotopic (exact) mass is 645 g/mol. The SMILES string of the molecule is CCOC(=O)c1cnn(C)c1NCc1ccc(-c2ccccc2-c2nnnn2C(c2ccccc2)(c2ccccc2)c2ccccc2)cc1. The summed E-state index contributed by atoms with van der Waals surface area (Å²) in [7, 11) is 1.79. The molecule has 9 heteroatoms. The Hall–Kier alpha value is -6.35. The predicted octanol–water partition coefficient (Wildman–Crippen LogP) is 7.37. The van der Waals surface area contributed by atoms with E-state index in [9.17, 15) is 4.79 Å². The molecule has 0 bridgehead atoms. The number of aromatic nitrogens is 6. The Morgan fingerprint density at radius 3 is 1.86 bits per heavy atom. The van der Waals surface area contributed by atoms with Crippen LogP contribution in [0.15, 0.2) is 146 Å². The van der Waals surface area contributed by atoms with Crippen LogP contribution in [0.2, 0.25) is 0 Å². The molecular formula is C40H35N7O2. The molecule has 7 rings (SSSR count). The molecule has 0 atom stereocenters. The molecule has 2 heterocycles. The van der Waals surface area contributed by atoms with Gasteiger partial charge < -0.3 is 10.1 Å². The van der Waals surface area contributed by atoms with Crippen molar-refractivity contribution in [2.45, 2.75) is 19.0 Å². The van der Waals surface area contributed by atoms with Crippen LogP contribution in [0.4, 0.5) is 5.82 Å². The fourth-order valence-electron chi connectivity index (χ4n) is 6.41. The van der Waals surface area contributed by atoms with Crippen molar-refractivity contribution >= 4 is 11.8 Å². The predicted molar refractivity (Wildman–Crippen MR) is 190 cm³/mol. The van der Waals surface area contributed by atoms with Gasteiger partial charge in [-0.15, -0.1) is 5.10 Å². The first-order chi connectivity index (χ1) is 24.1. The van der Waals surface area contributed by atoms with Gasteiger partial charge in [0.1, 0.15) is 16.9 Å². The van der Waals surface area contributed by atoms with Crippen molar-refractivity contribution < 1.29 is 9.53 Å². The van der Waals surface area contributed by atoms with Crippen molar-refractivity contribution in [2.75, 3.05) is 11.9 Å². The van der Waals surface area contributed by atoms with E-state index >= 15 is 0 Å². The van der Waals surface area contributed by atoms with Gasteiger partial charge in [-0.05, 0) is 50.7 Å². The van der Waals surface area contributed by atoms with Crippen molar-refractivity contribution in [1.29, 1.82) is 0 Å². The molecule has 9 nitrogen and oxygen atoms in total. The number of esters is 1. The Bertz CT molecular complexity index is 2060. The average Bonchev–Trinajstić information content (AvgIpc) is 3.80. The standard InChI is InChI=1S/C40H35N7O2/c1-3-49-39(48)36-28-42-46(2)37(36)41-27-29-23-25-30(26-24-29)34-21-13-14-22-35(34)38-43-44-45-47(38)40(31-15-7-4-8-16-31,32-17-9-5-10-18-32)33-19-11-6-12-20-33/h4-26,28,41H,3,27H2,1-2H3. The lowest BCUT2D eigenvalue weighted by Gasteiger charge is -2.36. The van der Waals surface area contributed by atoms with Gasteiger partial charge in [0.2, 0.25) is 0 Å². The van der Waals surface area contributed by atoms with Crippen molar-refractivity contribution in [3.63, 3.8) is 0 Å². The van der Waals surface area contributed by atoms with Crippen LogP contribution in [-0.4, -0.2) is 42.6 Å². The molecule has 0 saturated heterocycles. The third-order valence-electron chi connectivity index (χ3n) is 8.69. The van der Waals surface area contributed by atoms with E-state index in [1.165, 1.54) is 6.20 Å². The molecule has 2 aromatic heterocycles. The van der Waals surface area contributed by atoms with Crippen molar-refractivity contribution in [1.82, 2.24) is 30.0 Å². The second kappa shape index (κ2) is 13.8. The summed E-state index contributed by atoms with van der Waals surface area (Å²) in [5.74, 6) is 0.849. The third-order valence-corrected chi connectivity index (χ3v) is 8.69. The van der Waals surface area contributed by atoms with E-state index in [0.717, 1.165) is 38.9 Å². The van der Waals surface area contributed by atoms with E-state index in [4.69, 9.17) is 9.95 Å². The molecule has 0 aliphatic carbocycles. The summed E-state index contributed by atoms with van der Waals surface area (Å²) in [5, 5.41) is 21.3. The Labute approximate surface area is 284 Å². The third kappa shape index (κ3) is 5.87. The smallest absolute Gasteiger partial charge is 0.343 e. The molecule has 0 aliphatic rings. The zero-order valence-electron chi connectivity index (χ0n) is 27.3. The first kappa shape index (κ1) is 31.3. The minimum absolute atomic E-state index is 0.300. The van der Waals surface area contributed by atoms with E-state index in [2.05, 4.69) is 130 Å². The van der Waals surface area contributed by atoms with Crippen LogP contribution in [-0.2, 0) is 23.9 Å². The number of benzene rings is 5. The number of rotatable bonds is 11. The molecule has 5 aromatic carbocycles. The van der Waals surface area contributed by atoms with Gasteiger partial charge in [0.25, 0.3) is 0 Å². The number of nitrogens with one attached hydrogen (secondary N) is 1. The topological polar surface area (TPSA) is 99.8 Å². The fraction of sp³-hybridized carbons (Fsp3) is 0.125. The van der Waals surface area contributed by atoms with E-state index in [1.54, 1.807) is 18.7 Å². The second-order valence-electron chi connectivity index (χ2n) is 11.6. The highest BCUT2D eigenvalue weighted by molar-refractivity contribution is 5.94. The summed E-state index contributed by atoms with van der Waals surface area (Å²) in [6, 6.07) is 47.7. The maximum Gasteiger partial charge on any atom is 0.343 e. The van der Waals surface area contributed by atoms with Gasteiger partial charge in [-0.3, -0.25) is 4.68 Å². The van der Waals surface area contributed by atoms with Gasteiger partial charge in [0.15, 0.2) is 5.82 Å². The zero-order chi connectivity index (χ0) is 33.6. The summed E-state index contributed by atoms with van der Waals surface area (Å²) >= 11 is 0. The zero-order valence-corrected chi connectivity index (χ0v) is 27.3. The van der Waals surface area contributed by atoms with Crippen molar-refractivity contribution in [2.24, 2.45) is 7.05 Å². The van der Waals surface area contributed by atoms with Crippen LogP contribution in [0.5, 0.6) is 0 Å². The number of carbonyl (C=O) groups is 1. The van der Waals surface area contributed by atoms with Gasteiger partial charge in [0.05, 0.1) is 12.8 Å². The molecular weight excluding hydrogens is 610 g/mol. The van der Waals surface area contributed by atoms with Crippen LogP contribution in [0.3, 0.4) is 0 Å². The number of anilines is 1. The molecule has 1 N–H and O–H groups in total. The summed E-state index contributed by atoms with van der Waals surface area (Å²) in [4.78, 5) is 12.4. The van der Waals surface area contributed by atoms with Crippen LogP contribution >= 0.6 is 0 Å². The molecule has 0 spiro atoms. The minimum Gasteiger partial charge on any atom is -0.462 e. The number of hydrogen-bond donors (Lipinski definition) is 1. The molecule has 0 fully saturated rings. The van der Waals surface area contributed by atoms with E-state index < -0.39 is 11.5 Å². The average molecular weight is 646 g/mol. The molecule has 0 aliphatic heterocycles. The highest BCUT2D eigenvalue weighted by Crippen LogP contribution is 2.43. The summed E-state index contributed by atoms with van der Waals surface area (Å²) in [6.07, 6.45) is 1.52. The van der Waals surface area contributed by atoms with Gasteiger partial charge >= 0.3 is 5.97 Å². The Balaban J connectivity index is 1.29. The summed E-state index contributed by atoms with van der Waals surface area (Å²) < 4.78 is 8.79. The quantitative estimate of drug-likeness (QED) is 0.116. The molecule has 49 heavy (non-hydrogen) atoms. The molecule has 7 aromatic rings. The molecule has 0 unspecified atom stereocenters. The maximum absolute atomic E-state index is 12.4. The Morgan fingerprint density at radius 1 is 0.735 bits per heavy atom. The summed E-state index contributed by atoms with van der Waals surface area (Å²) in [5.41, 5.74) is 6.62. The first-order valence-electron chi connectivity index (χ1n) is 16.2. The molecule has 0 amide bonds. The minimum atomic E-state index is -0.862. The normalized spacial score (nSPS) is 11.3. The lowest BCUT2D eigenvalue weighted by molar-refractivity contribution is 0.0527. The largest absolute Gasteiger partial charge is 0.462 e. The summed E-state index contributed by atoms with van der Waals surface area (Å²) in [6.45, 7) is 2.59. The van der Waals surface area contributed by atoms with Crippen LogP contribution < -0.4 is 5.32 Å². The van der Waals surface area contributed by atoms with E-state index in [-0.39, 0.29) is 0 Å². The Morgan fingerprint density at radius 2 is 1.29 bits per heavy atom. The fourth-order valence-corrected chi connectivity index (χ4v) is 6.41. The molecule has 0 radical (unpaired) electrons. The van der Waals surface area contributed by atoms with Crippen LogP contribution in [0.1, 0.15) is 39.5 Å². The maximum atomic E-state index is 12.4. The Kier molecular flexibility index (Phi) is 8.80. The first-order valence-corrected chi connectivity index (χ1v) is 16.2. The number of ether oxygens (including phenoxy) is 1. The lowest BCUT2D eigenvalue weighted by atomic mass is 9.77. The van der Waals surface area contributed by atoms with Gasteiger partial charge in [0, 0.05) is 19.2 Å². The number of nitrogens with zero attached hydrogens (tertiary/aromatic N) is 6. The van der Waals surface area contributed by atoms with Crippen LogP contribution in [0.25, 0.3) is 22.5 Å². The highest BCUT2D eigenvalue weighted by atomic mass is 16.5. The number of hydrogen-bond acceptors (Lipinski definition) is 7. The molecule has 242 valence electrons. The van der Waals surface area contributed by atoms with Crippen molar-refractivity contribution in [3.8, 4) is 22.5 Å². The van der Waals surface area contributed by atoms with Gasteiger partial charge in [-0.1, -0.05) is 140 Å². The molecule has 0 saturated carbocycles. The van der Waals surface area contributed by atoms with E-state index in [0.29, 0.717) is 30.4 Å². The highest BCUT2D eigenvalue weighted by Gasteiger charge is 2.42. The van der Waals surface area contributed by atoms with Gasteiger partial charge in [-0.25, -0.2) is 9.48 Å². The second-order valence-corrected chi connectivity index (χ2v) is 11.6. The van der Waals surface area contributed by atoms with Crippen LogP contribution in [0, 0.1) is 0 Å². The van der Waals surface area contributed by atoms with Gasteiger partial charge in [-0.2, -0.15) is 5.10 Å². The lowest BCUT2D eigenvalue weighted by Crippen LogP contribution is -2.39. The number of carbonyl (C=O) groups excluding carboxylic acids is 1. The van der Waals surface area contributed by atoms with E-state index in [1.807, 2.05) is 35.0 Å². The van der Waals surface area contributed by atoms with Crippen molar-refractivity contribution in [3.05, 3.63) is 174 Å². The number of aryl methyl sites for hydroxylation is 1.